The molecule has 48 heavy (non-hydrogen) atoms. The van der Waals surface area contributed by atoms with E-state index in [0.717, 1.165) is 35.4 Å². The molecule has 3 aromatic carbocycles. The van der Waals surface area contributed by atoms with E-state index >= 15 is 0 Å². The third kappa shape index (κ3) is 7.92. The number of aliphatic hydroxyl groups excluding tert-OH is 1. The molecule has 0 saturated carbocycles. The quantitative estimate of drug-likeness (QED) is 0.176. The zero-order valence-electron chi connectivity index (χ0n) is 28.7. The van der Waals surface area contributed by atoms with E-state index in [2.05, 4.69) is 44.3 Å². The molecule has 1 saturated heterocycles. The van der Waals surface area contributed by atoms with Gasteiger partial charge >= 0.3 is 0 Å². The summed E-state index contributed by atoms with van der Waals surface area (Å²) in [6.07, 6.45) is 3.39. The zero-order valence-corrected chi connectivity index (χ0v) is 29.7. The van der Waals surface area contributed by atoms with Crippen LogP contribution in [-0.2, 0) is 22.5 Å². The Morgan fingerprint density at radius 3 is 2.25 bits per heavy atom. The number of aromatic nitrogens is 1. The normalized spacial score (nSPS) is 19.2. The predicted octanol–water partition coefficient (Wildman–Crippen LogP) is 5.59. The Balaban J connectivity index is 1.35. The third-order valence-electron chi connectivity index (χ3n) is 9.95. The highest BCUT2D eigenvalue weighted by atomic mass is 28.3. The van der Waals surface area contributed by atoms with E-state index in [9.17, 15) is 14.7 Å². The van der Waals surface area contributed by atoms with Crippen LogP contribution < -0.4 is 20.2 Å². The second-order valence-electron chi connectivity index (χ2n) is 13.2. The van der Waals surface area contributed by atoms with Crippen molar-refractivity contribution in [1.29, 1.82) is 0 Å². The largest absolute Gasteiger partial charge is 0.497 e. The summed E-state index contributed by atoms with van der Waals surface area (Å²) in [4.78, 5) is 28.4. The van der Waals surface area contributed by atoms with Gasteiger partial charge in [0.25, 0.3) is 5.56 Å². The average molecular weight is 669 g/mol. The van der Waals surface area contributed by atoms with Crippen molar-refractivity contribution < 1.29 is 24.1 Å². The van der Waals surface area contributed by atoms with Crippen molar-refractivity contribution in [2.45, 2.75) is 63.6 Å². The number of aliphatic hydroxyl groups is 1. The molecule has 4 aromatic rings. The van der Waals surface area contributed by atoms with Crippen LogP contribution in [-0.4, -0.2) is 68.1 Å². The molecular formula is C39H48N2O6Si. The van der Waals surface area contributed by atoms with Gasteiger partial charge in [0.2, 0.25) is 5.91 Å². The monoisotopic (exact) mass is 668 g/mol. The van der Waals surface area contributed by atoms with E-state index in [4.69, 9.17) is 14.2 Å². The first-order valence-corrected chi connectivity index (χ1v) is 19.8. The number of hydrogen-bond donors (Lipinski definition) is 1. The zero-order chi connectivity index (χ0) is 34.3. The van der Waals surface area contributed by atoms with Crippen LogP contribution in [0.3, 0.4) is 0 Å². The van der Waals surface area contributed by atoms with Crippen LogP contribution in [0, 0.1) is 5.92 Å². The first kappa shape index (κ1) is 35.1. The second kappa shape index (κ2) is 15.8. The lowest BCUT2D eigenvalue weighted by Gasteiger charge is -2.36. The summed E-state index contributed by atoms with van der Waals surface area (Å²) in [5, 5.41) is 11.1. The maximum Gasteiger partial charge on any atom is 0.297 e. The van der Waals surface area contributed by atoms with Crippen molar-refractivity contribution in [3.05, 3.63) is 119 Å². The van der Waals surface area contributed by atoms with Crippen molar-refractivity contribution in [2.24, 2.45) is 5.92 Å². The minimum absolute atomic E-state index is 0.00124. The molecule has 0 spiro atoms. The molecule has 1 aliphatic heterocycles. The standard InChI is InChI=1S/C39H48N2O6Si/c1-28-34(22-15-29-13-16-31(17-14-29)41-23-9-12-35(46-3)39(41)44)47-36(38(28)48(4,5)33-20-18-32(45-2)19-21-33)26-37(43)40(24-25-42)27-30-10-7-6-8-11-30/h6-14,16-21,23,28,34,36,38,42H,15,22,24-27H2,1-5H3/t28-,34+,36-,38+/m1/s1. The van der Waals surface area contributed by atoms with Gasteiger partial charge < -0.3 is 24.2 Å². The van der Waals surface area contributed by atoms with Crippen LogP contribution in [0.25, 0.3) is 5.69 Å². The summed E-state index contributed by atoms with van der Waals surface area (Å²) < 4.78 is 19.1. The molecule has 4 atom stereocenters. The summed E-state index contributed by atoms with van der Waals surface area (Å²) >= 11 is 0. The van der Waals surface area contributed by atoms with Gasteiger partial charge in [0.1, 0.15) is 5.75 Å². The summed E-state index contributed by atoms with van der Waals surface area (Å²) in [6, 6.07) is 29.8. The summed E-state index contributed by atoms with van der Waals surface area (Å²) in [5.74, 6) is 1.37. The molecule has 8 nitrogen and oxygen atoms in total. The average Bonchev–Trinajstić information content (AvgIpc) is 3.42. The number of ether oxygens (including phenoxy) is 3. The van der Waals surface area contributed by atoms with Crippen molar-refractivity contribution >= 4 is 19.2 Å². The summed E-state index contributed by atoms with van der Waals surface area (Å²) in [6.45, 7) is 7.69. The molecule has 254 valence electrons. The minimum Gasteiger partial charge on any atom is -0.497 e. The van der Waals surface area contributed by atoms with E-state index in [1.165, 1.54) is 12.3 Å². The van der Waals surface area contributed by atoms with Gasteiger partial charge in [-0.3, -0.25) is 14.2 Å². The lowest BCUT2D eigenvalue weighted by Crippen LogP contribution is -2.51. The number of benzene rings is 3. The number of nitrogens with zero attached hydrogens (tertiary/aromatic N) is 2. The molecule has 9 heteroatoms. The highest BCUT2D eigenvalue weighted by Gasteiger charge is 2.51. The number of carbonyl (C=O) groups excluding carboxylic acids is 1. The topological polar surface area (TPSA) is 90.2 Å². The van der Waals surface area contributed by atoms with Crippen LogP contribution >= 0.6 is 0 Å². The number of carbonyl (C=O) groups is 1. The Hall–Kier alpha value is -4.18. The Morgan fingerprint density at radius 2 is 1.60 bits per heavy atom. The first-order chi connectivity index (χ1) is 23.2. The maximum absolute atomic E-state index is 13.9. The van der Waals surface area contributed by atoms with Gasteiger partial charge in [0.15, 0.2) is 5.75 Å². The molecule has 1 fully saturated rings. The van der Waals surface area contributed by atoms with E-state index in [-0.39, 0.29) is 54.7 Å². The number of hydrogen-bond acceptors (Lipinski definition) is 6. The van der Waals surface area contributed by atoms with Gasteiger partial charge in [-0.1, -0.05) is 79.8 Å². The molecule has 5 rings (SSSR count). The van der Waals surface area contributed by atoms with Crippen molar-refractivity contribution in [1.82, 2.24) is 9.47 Å². The number of pyridine rings is 1. The van der Waals surface area contributed by atoms with Crippen LogP contribution in [0.1, 0.15) is 30.9 Å². The molecule has 1 aromatic heterocycles. The number of methoxy groups -OCH3 is 2. The Morgan fingerprint density at radius 1 is 0.896 bits per heavy atom. The predicted molar refractivity (Wildman–Crippen MR) is 192 cm³/mol. The smallest absolute Gasteiger partial charge is 0.297 e. The molecule has 1 amide bonds. The molecule has 0 bridgehead atoms. The maximum atomic E-state index is 13.9. The van der Waals surface area contributed by atoms with Crippen LogP contribution in [0.15, 0.2) is 102 Å². The summed E-state index contributed by atoms with van der Waals surface area (Å²) in [5.41, 5.74) is 2.98. The van der Waals surface area contributed by atoms with E-state index < -0.39 is 8.07 Å². The van der Waals surface area contributed by atoms with Crippen molar-refractivity contribution in [3.63, 3.8) is 0 Å². The van der Waals surface area contributed by atoms with Gasteiger partial charge in [0, 0.05) is 25.0 Å². The lowest BCUT2D eigenvalue weighted by molar-refractivity contribution is -0.135. The van der Waals surface area contributed by atoms with Gasteiger partial charge in [-0.15, -0.1) is 0 Å². The highest BCUT2D eigenvalue weighted by Crippen LogP contribution is 2.46. The summed E-state index contributed by atoms with van der Waals surface area (Å²) in [7, 11) is 1.02. The SMILES string of the molecule is COc1ccc([Si](C)(C)[C@H]2[C@H](C)[C@H](CCc3ccc(-n4cccc(OC)c4=O)cc3)O[C@@H]2CC(=O)N(CCO)Cc2ccccc2)cc1. The minimum atomic E-state index is -2.15. The van der Waals surface area contributed by atoms with E-state index in [1.807, 2.05) is 54.6 Å². The molecule has 0 radical (unpaired) electrons. The Bertz CT molecular complexity index is 1690. The fraction of sp³-hybridized carbons (Fsp3) is 0.385. The van der Waals surface area contributed by atoms with Crippen LogP contribution in [0.4, 0.5) is 0 Å². The lowest BCUT2D eigenvalue weighted by atomic mass is 9.95. The fourth-order valence-corrected chi connectivity index (χ4v) is 11.4. The van der Waals surface area contributed by atoms with Gasteiger partial charge in [-0.25, -0.2) is 0 Å². The molecular weight excluding hydrogens is 621 g/mol. The first-order valence-electron chi connectivity index (χ1n) is 16.7. The fourth-order valence-electron chi connectivity index (χ4n) is 7.33. The van der Waals surface area contributed by atoms with Gasteiger partial charge in [-0.2, -0.15) is 0 Å². The van der Waals surface area contributed by atoms with Crippen molar-refractivity contribution in [3.8, 4) is 17.2 Å². The Labute approximate surface area is 284 Å². The third-order valence-corrected chi connectivity index (χ3v) is 14.3. The van der Waals surface area contributed by atoms with Crippen LogP contribution in [0.2, 0.25) is 18.6 Å². The number of aryl methyl sites for hydroxylation is 1. The number of rotatable bonds is 14. The van der Waals surface area contributed by atoms with Gasteiger partial charge in [0.05, 0.1) is 47.5 Å². The molecule has 0 unspecified atom stereocenters. The molecule has 0 aliphatic carbocycles. The number of amides is 1. The van der Waals surface area contributed by atoms with E-state index in [1.54, 1.807) is 34.9 Å². The van der Waals surface area contributed by atoms with Crippen molar-refractivity contribution in [2.75, 3.05) is 27.4 Å². The van der Waals surface area contributed by atoms with Crippen LogP contribution in [0.5, 0.6) is 11.5 Å². The second-order valence-corrected chi connectivity index (χ2v) is 17.9. The highest BCUT2D eigenvalue weighted by molar-refractivity contribution is 6.91. The Kier molecular flexibility index (Phi) is 11.6. The molecule has 1 aliphatic rings. The molecule has 2 heterocycles. The molecule has 1 N–H and O–H groups in total. The van der Waals surface area contributed by atoms with Gasteiger partial charge in [-0.05, 0) is 71.8 Å². The van der Waals surface area contributed by atoms with E-state index in [0.29, 0.717) is 12.3 Å².